The molecule has 3 rings (SSSR count). The van der Waals surface area contributed by atoms with Crippen molar-refractivity contribution in [2.75, 3.05) is 13.1 Å². The van der Waals surface area contributed by atoms with E-state index in [0.717, 1.165) is 42.3 Å². The number of fused-ring (bicyclic) bond motifs is 1. The van der Waals surface area contributed by atoms with Crippen LogP contribution in [0, 0.1) is 0 Å². The van der Waals surface area contributed by atoms with Crippen molar-refractivity contribution in [3.8, 4) is 0 Å². The predicted molar refractivity (Wildman–Crippen MR) is 97.7 cm³/mol. The van der Waals surface area contributed by atoms with E-state index < -0.39 is 0 Å². The monoisotopic (exact) mass is 345 g/mol. The molecule has 0 fully saturated rings. The molecular weight excluding hydrogens is 326 g/mol. The summed E-state index contributed by atoms with van der Waals surface area (Å²) in [6.45, 7) is 3.64. The lowest BCUT2D eigenvalue weighted by Gasteiger charge is -2.14. The van der Waals surface area contributed by atoms with Crippen molar-refractivity contribution in [3.63, 3.8) is 0 Å². The summed E-state index contributed by atoms with van der Waals surface area (Å²) in [5, 5.41) is 4.29. The quantitative estimate of drug-likeness (QED) is 0.652. The molecule has 0 spiro atoms. The minimum Gasteiger partial charge on any atom is -0.316 e. The smallest absolute Gasteiger partial charge is 0.159 e. The van der Waals surface area contributed by atoms with Crippen LogP contribution in [0.1, 0.15) is 34.0 Å². The Bertz CT molecular complexity index is 712. The Kier molecular flexibility index (Phi) is 5.42. The van der Waals surface area contributed by atoms with E-state index in [4.69, 9.17) is 11.6 Å². The zero-order valence-corrected chi connectivity index (χ0v) is 14.8. The molecule has 4 heteroatoms. The number of Topliss-reactive ketones (excluding diaryl/α,β-unsaturated/α-hetero) is 1. The van der Waals surface area contributed by atoms with Gasteiger partial charge in [0.2, 0.25) is 0 Å². The fourth-order valence-electron chi connectivity index (χ4n) is 2.86. The molecule has 0 saturated heterocycles. The summed E-state index contributed by atoms with van der Waals surface area (Å²) >= 11 is 8.26. The minimum absolute atomic E-state index is 0.105. The van der Waals surface area contributed by atoms with Crippen molar-refractivity contribution in [2.24, 2.45) is 0 Å². The van der Waals surface area contributed by atoms with Crippen LogP contribution in [0.4, 0.5) is 0 Å². The largest absolute Gasteiger partial charge is 0.316 e. The van der Waals surface area contributed by atoms with Gasteiger partial charge in [0, 0.05) is 16.2 Å². The first kappa shape index (κ1) is 16.6. The van der Waals surface area contributed by atoms with Gasteiger partial charge in [-0.05, 0) is 55.6 Å². The Morgan fingerprint density at radius 2 is 1.87 bits per heavy atom. The van der Waals surface area contributed by atoms with Crippen LogP contribution in [-0.4, -0.2) is 18.9 Å². The highest BCUT2D eigenvalue weighted by Crippen LogP contribution is 2.36. The van der Waals surface area contributed by atoms with E-state index in [-0.39, 0.29) is 5.78 Å². The van der Waals surface area contributed by atoms with Crippen LogP contribution in [0.5, 0.6) is 0 Å². The average molecular weight is 346 g/mol. The molecule has 2 aromatic carbocycles. The highest BCUT2D eigenvalue weighted by atomic mass is 35.5. The molecular formula is C19H20ClNOS. The molecule has 1 heterocycles. The number of carbonyl (C=O) groups excluding carboxylic acids is 1. The van der Waals surface area contributed by atoms with Crippen LogP contribution in [-0.2, 0) is 18.6 Å². The Morgan fingerprint density at radius 1 is 1.13 bits per heavy atom. The number of ketones is 1. The van der Waals surface area contributed by atoms with Crippen LogP contribution in [0.25, 0.3) is 0 Å². The van der Waals surface area contributed by atoms with Gasteiger partial charge in [0.15, 0.2) is 5.78 Å². The van der Waals surface area contributed by atoms with Gasteiger partial charge in [-0.2, -0.15) is 0 Å². The van der Waals surface area contributed by atoms with E-state index in [1.54, 1.807) is 18.7 Å². The zero-order valence-electron chi connectivity index (χ0n) is 13.2. The lowest BCUT2D eigenvalue weighted by atomic mass is 10.0. The van der Waals surface area contributed by atoms with E-state index in [9.17, 15) is 4.79 Å². The molecule has 2 aromatic rings. The number of halogens is 1. The van der Waals surface area contributed by atoms with E-state index in [1.165, 1.54) is 21.6 Å². The summed E-state index contributed by atoms with van der Waals surface area (Å²) in [5.41, 5.74) is 4.78. The van der Waals surface area contributed by atoms with Crippen molar-refractivity contribution in [1.82, 2.24) is 5.32 Å². The van der Waals surface area contributed by atoms with Gasteiger partial charge >= 0.3 is 0 Å². The number of rotatable bonds is 4. The van der Waals surface area contributed by atoms with Crippen LogP contribution >= 0.6 is 23.4 Å². The third kappa shape index (κ3) is 3.97. The number of hydrogen-bond donors (Lipinski definition) is 1. The number of benzene rings is 2. The first-order chi connectivity index (χ1) is 11.1. The zero-order chi connectivity index (χ0) is 16.2. The highest BCUT2D eigenvalue weighted by Gasteiger charge is 2.15. The van der Waals surface area contributed by atoms with Crippen LogP contribution in [0.15, 0.2) is 41.3 Å². The summed E-state index contributed by atoms with van der Waals surface area (Å²) in [6.07, 6.45) is 2.09. The minimum atomic E-state index is 0.105. The van der Waals surface area contributed by atoms with Gasteiger partial charge in [0.05, 0.1) is 5.02 Å². The second kappa shape index (κ2) is 7.52. The molecule has 0 amide bonds. The maximum atomic E-state index is 11.3. The molecule has 0 bridgehead atoms. The lowest BCUT2D eigenvalue weighted by Crippen LogP contribution is -2.16. The molecule has 2 nitrogen and oxygen atoms in total. The standard InChI is InChI=1S/C19H20ClNOS/c1-13(22)15-4-2-14(3-5-15)12-23-19-17-9-11-21-10-8-16(17)6-7-18(19)20/h2-7,21H,8-12H2,1H3. The molecule has 0 aliphatic carbocycles. The number of carbonyl (C=O) groups is 1. The Morgan fingerprint density at radius 3 is 2.61 bits per heavy atom. The second-order valence-electron chi connectivity index (χ2n) is 5.81. The molecule has 0 aromatic heterocycles. The first-order valence-corrected chi connectivity index (χ1v) is 9.25. The SMILES string of the molecule is CC(=O)c1ccc(CSc2c(Cl)ccc3c2CCNCC3)cc1. The lowest BCUT2D eigenvalue weighted by molar-refractivity contribution is 0.101. The summed E-state index contributed by atoms with van der Waals surface area (Å²) in [7, 11) is 0. The highest BCUT2D eigenvalue weighted by molar-refractivity contribution is 7.98. The van der Waals surface area contributed by atoms with Crippen LogP contribution < -0.4 is 5.32 Å². The molecule has 23 heavy (non-hydrogen) atoms. The molecule has 1 N–H and O–H groups in total. The number of hydrogen-bond acceptors (Lipinski definition) is 3. The predicted octanol–water partition coefficient (Wildman–Crippen LogP) is 4.52. The van der Waals surface area contributed by atoms with Gasteiger partial charge in [-0.1, -0.05) is 41.9 Å². The normalized spacial score (nSPS) is 14.2. The Hall–Kier alpha value is -1.29. The van der Waals surface area contributed by atoms with Gasteiger partial charge in [0.25, 0.3) is 0 Å². The van der Waals surface area contributed by atoms with Crippen molar-refractivity contribution in [2.45, 2.75) is 30.4 Å². The second-order valence-corrected chi connectivity index (χ2v) is 7.20. The maximum Gasteiger partial charge on any atom is 0.159 e. The Balaban J connectivity index is 1.78. The summed E-state index contributed by atoms with van der Waals surface area (Å²) < 4.78 is 0. The van der Waals surface area contributed by atoms with E-state index in [2.05, 4.69) is 11.4 Å². The molecule has 0 atom stereocenters. The van der Waals surface area contributed by atoms with Crippen LogP contribution in [0.2, 0.25) is 5.02 Å². The fraction of sp³-hybridized carbons (Fsp3) is 0.316. The van der Waals surface area contributed by atoms with Crippen LogP contribution in [0.3, 0.4) is 0 Å². The van der Waals surface area contributed by atoms with Crippen molar-refractivity contribution in [1.29, 1.82) is 0 Å². The molecule has 1 aliphatic heterocycles. The van der Waals surface area contributed by atoms with Gasteiger partial charge in [-0.25, -0.2) is 0 Å². The van der Waals surface area contributed by atoms with Gasteiger partial charge in [-0.3, -0.25) is 4.79 Å². The first-order valence-electron chi connectivity index (χ1n) is 7.89. The summed E-state index contributed by atoms with van der Waals surface area (Å²) in [6, 6.07) is 12.0. The number of thioether (sulfide) groups is 1. The average Bonchev–Trinajstić information content (AvgIpc) is 2.80. The third-order valence-corrected chi connectivity index (χ3v) is 5.84. The Labute approximate surface area is 146 Å². The topological polar surface area (TPSA) is 29.1 Å². The van der Waals surface area contributed by atoms with Gasteiger partial charge in [-0.15, -0.1) is 11.8 Å². The van der Waals surface area contributed by atoms with Gasteiger partial charge < -0.3 is 5.32 Å². The fourth-order valence-corrected chi connectivity index (χ4v) is 4.31. The number of nitrogens with one attached hydrogen (secondary N) is 1. The van der Waals surface area contributed by atoms with E-state index in [1.807, 2.05) is 30.3 Å². The third-order valence-electron chi connectivity index (χ3n) is 4.18. The van der Waals surface area contributed by atoms with Crippen molar-refractivity contribution >= 4 is 29.1 Å². The van der Waals surface area contributed by atoms with Crippen molar-refractivity contribution < 1.29 is 4.79 Å². The van der Waals surface area contributed by atoms with E-state index >= 15 is 0 Å². The molecule has 0 saturated carbocycles. The molecule has 0 unspecified atom stereocenters. The summed E-state index contributed by atoms with van der Waals surface area (Å²) in [5.74, 6) is 0.968. The molecule has 1 aliphatic rings. The van der Waals surface area contributed by atoms with Gasteiger partial charge in [0.1, 0.15) is 0 Å². The molecule has 120 valence electrons. The van der Waals surface area contributed by atoms with Crippen molar-refractivity contribution in [3.05, 3.63) is 63.7 Å². The maximum absolute atomic E-state index is 11.3. The summed E-state index contributed by atoms with van der Waals surface area (Å²) in [4.78, 5) is 12.6. The molecule has 0 radical (unpaired) electrons. The van der Waals surface area contributed by atoms with E-state index in [0.29, 0.717) is 0 Å².